The van der Waals surface area contributed by atoms with Crippen molar-refractivity contribution in [2.24, 2.45) is 0 Å². The molecule has 1 atom stereocenters. The minimum atomic E-state index is -1.08. The number of aliphatic hydroxyl groups excluding tert-OH is 1. The Labute approximate surface area is 124 Å². The van der Waals surface area contributed by atoms with Crippen LogP contribution in [0.2, 0.25) is 0 Å². The van der Waals surface area contributed by atoms with Crippen LogP contribution < -0.4 is 5.32 Å². The van der Waals surface area contributed by atoms with Crippen molar-refractivity contribution in [2.75, 3.05) is 13.2 Å². The molecule has 1 rings (SSSR count). The number of aliphatic hydroxyl groups is 1. The van der Waals surface area contributed by atoms with Crippen molar-refractivity contribution in [3.8, 4) is 0 Å². The van der Waals surface area contributed by atoms with Gasteiger partial charge in [0.2, 0.25) is 0 Å². The molecule has 0 heterocycles. The highest BCUT2D eigenvalue weighted by Gasteiger charge is 2.24. The molecule has 0 spiro atoms. The molecular weight excluding hydrogens is 272 g/mol. The fourth-order valence-corrected chi connectivity index (χ4v) is 1.98. The van der Waals surface area contributed by atoms with Crippen LogP contribution in [0, 0.1) is 0 Å². The fraction of sp³-hybridized carbons (Fsp3) is 0.467. The van der Waals surface area contributed by atoms with Gasteiger partial charge in [0.05, 0.1) is 6.61 Å². The van der Waals surface area contributed by atoms with Crippen LogP contribution in [0.1, 0.15) is 19.4 Å². The van der Waals surface area contributed by atoms with E-state index in [1.165, 1.54) is 4.90 Å². The number of rotatable bonds is 7. The maximum absolute atomic E-state index is 12.1. The van der Waals surface area contributed by atoms with E-state index in [1.807, 2.05) is 44.2 Å². The summed E-state index contributed by atoms with van der Waals surface area (Å²) in [4.78, 5) is 24.8. The molecule has 0 aliphatic carbocycles. The largest absolute Gasteiger partial charge is 0.480 e. The number of carbonyl (C=O) groups excluding carboxylic acids is 1. The van der Waals surface area contributed by atoms with E-state index in [4.69, 9.17) is 5.11 Å². The summed E-state index contributed by atoms with van der Waals surface area (Å²) in [5.41, 5.74) is 0.837. The van der Waals surface area contributed by atoms with Gasteiger partial charge >= 0.3 is 12.0 Å². The molecule has 0 aromatic heterocycles. The Balaban J connectivity index is 2.74. The molecule has 3 N–H and O–H groups in total. The van der Waals surface area contributed by atoms with Crippen molar-refractivity contribution in [2.45, 2.75) is 32.4 Å². The molecule has 116 valence electrons. The van der Waals surface area contributed by atoms with Crippen molar-refractivity contribution < 1.29 is 19.8 Å². The fourth-order valence-electron chi connectivity index (χ4n) is 1.98. The lowest BCUT2D eigenvalue weighted by atomic mass is 10.1. The van der Waals surface area contributed by atoms with Crippen molar-refractivity contribution in [3.63, 3.8) is 0 Å². The van der Waals surface area contributed by atoms with Crippen LogP contribution in [0.3, 0.4) is 0 Å². The van der Waals surface area contributed by atoms with Crippen molar-refractivity contribution in [1.82, 2.24) is 10.2 Å². The van der Waals surface area contributed by atoms with Gasteiger partial charge in [-0.05, 0) is 19.4 Å². The van der Waals surface area contributed by atoms with E-state index in [0.29, 0.717) is 0 Å². The Morgan fingerprint density at radius 1 is 1.24 bits per heavy atom. The third-order valence-corrected chi connectivity index (χ3v) is 3.10. The Kier molecular flexibility index (Phi) is 6.68. The number of hydrogen-bond donors (Lipinski definition) is 3. The number of carboxylic acids is 1. The van der Waals surface area contributed by atoms with Gasteiger partial charge in [-0.1, -0.05) is 30.3 Å². The van der Waals surface area contributed by atoms with E-state index in [0.717, 1.165) is 5.56 Å². The Morgan fingerprint density at radius 2 is 1.86 bits per heavy atom. The van der Waals surface area contributed by atoms with Gasteiger partial charge in [-0.3, -0.25) is 0 Å². The first kappa shape index (κ1) is 17.0. The minimum absolute atomic E-state index is 0.122. The molecule has 0 unspecified atom stereocenters. The van der Waals surface area contributed by atoms with Crippen LogP contribution in [0.4, 0.5) is 4.79 Å². The number of hydrogen-bond acceptors (Lipinski definition) is 3. The number of urea groups is 1. The Morgan fingerprint density at radius 3 is 2.33 bits per heavy atom. The van der Waals surface area contributed by atoms with Gasteiger partial charge < -0.3 is 20.4 Å². The molecule has 6 heteroatoms. The topological polar surface area (TPSA) is 89.9 Å². The van der Waals surface area contributed by atoms with E-state index in [2.05, 4.69) is 5.32 Å². The molecular formula is C15H22N2O4. The average molecular weight is 294 g/mol. The maximum Gasteiger partial charge on any atom is 0.326 e. The van der Waals surface area contributed by atoms with E-state index < -0.39 is 18.0 Å². The molecule has 0 fully saturated rings. The summed E-state index contributed by atoms with van der Waals surface area (Å²) < 4.78 is 0. The van der Waals surface area contributed by atoms with Crippen LogP contribution in [-0.4, -0.2) is 52.3 Å². The number of amides is 2. The van der Waals surface area contributed by atoms with Crippen LogP contribution in [-0.2, 0) is 11.2 Å². The molecule has 1 aromatic carbocycles. The van der Waals surface area contributed by atoms with Crippen molar-refractivity contribution >= 4 is 12.0 Å². The third-order valence-electron chi connectivity index (χ3n) is 3.10. The highest BCUT2D eigenvalue weighted by atomic mass is 16.4. The van der Waals surface area contributed by atoms with Gasteiger partial charge in [0.1, 0.15) is 6.04 Å². The molecule has 21 heavy (non-hydrogen) atoms. The smallest absolute Gasteiger partial charge is 0.326 e. The first-order chi connectivity index (χ1) is 9.95. The van der Waals surface area contributed by atoms with Gasteiger partial charge in [-0.25, -0.2) is 9.59 Å². The summed E-state index contributed by atoms with van der Waals surface area (Å²) in [5, 5.41) is 20.7. The quantitative estimate of drug-likeness (QED) is 0.702. The molecule has 0 aliphatic heterocycles. The molecule has 0 saturated carbocycles. The highest BCUT2D eigenvalue weighted by molar-refractivity contribution is 5.83. The van der Waals surface area contributed by atoms with Gasteiger partial charge in [0, 0.05) is 19.0 Å². The minimum Gasteiger partial charge on any atom is -0.480 e. The second kappa shape index (κ2) is 8.26. The maximum atomic E-state index is 12.1. The van der Waals surface area contributed by atoms with Gasteiger partial charge in [-0.2, -0.15) is 0 Å². The van der Waals surface area contributed by atoms with Crippen LogP contribution in [0.5, 0.6) is 0 Å². The zero-order chi connectivity index (χ0) is 15.8. The van der Waals surface area contributed by atoms with Gasteiger partial charge in [0.15, 0.2) is 0 Å². The van der Waals surface area contributed by atoms with E-state index in [1.54, 1.807) is 0 Å². The Bertz CT molecular complexity index is 462. The number of benzene rings is 1. The number of aliphatic carboxylic acids is 1. The summed E-state index contributed by atoms with van der Waals surface area (Å²) >= 11 is 0. The molecule has 0 aliphatic rings. The second-order valence-electron chi connectivity index (χ2n) is 5.04. The second-order valence-corrected chi connectivity index (χ2v) is 5.04. The number of carboxylic acid groups (broad SMARTS) is 1. The van der Waals surface area contributed by atoms with E-state index in [9.17, 15) is 14.7 Å². The lowest BCUT2D eigenvalue weighted by molar-refractivity contribution is -0.139. The van der Waals surface area contributed by atoms with Crippen LogP contribution in [0.15, 0.2) is 30.3 Å². The monoisotopic (exact) mass is 294 g/mol. The predicted octanol–water partition coefficient (Wildman–Crippen LogP) is 1.09. The zero-order valence-corrected chi connectivity index (χ0v) is 12.3. The summed E-state index contributed by atoms with van der Waals surface area (Å²) in [6.07, 6.45) is 0.215. The van der Waals surface area contributed by atoms with Gasteiger partial charge in [-0.15, -0.1) is 0 Å². The number of nitrogens with zero attached hydrogens (tertiary/aromatic N) is 1. The number of nitrogens with one attached hydrogen (secondary N) is 1. The van der Waals surface area contributed by atoms with Crippen LogP contribution >= 0.6 is 0 Å². The molecule has 0 radical (unpaired) electrons. The summed E-state index contributed by atoms with van der Waals surface area (Å²) in [6.45, 7) is 3.62. The lowest BCUT2D eigenvalue weighted by Gasteiger charge is -2.27. The summed E-state index contributed by atoms with van der Waals surface area (Å²) in [6, 6.07) is 7.52. The number of carbonyl (C=O) groups is 2. The van der Waals surface area contributed by atoms with E-state index in [-0.39, 0.29) is 25.6 Å². The predicted molar refractivity (Wildman–Crippen MR) is 79.0 cm³/mol. The van der Waals surface area contributed by atoms with Crippen LogP contribution in [0.25, 0.3) is 0 Å². The van der Waals surface area contributed by atoms with E-state index >= 15 is 0 Å². The average Bonchev–Trinajstić information content (AvgIpc) is 2.44. The molecule has 6 nitrogen and oxygen atoms in total. The van der Waals surface area contributed by atoms with Gasteiger partial charge in [0.25, 0.3) is 0 Å². The van der Waals surface area contributed by atoms with Crippen molar-refractivity contribution in [1.29, 1.82) is 0 Å². The summed E-state index contributed by atoms with van der Waals surface area (Å²) in [5.74, 6) is -1.08. The molecule has 2 amide bonds. The highest BCUT2D eigenvalue weighted by Crippen LogP contribution is 2.05. The molecule has 0 bridgehead atoms. The first-order valence-electron chi connectivity index (χ1n) is 6.90. The third kappa shape index (κ3) is 5.43. The summed E-state index contributed by atoms with van der Waals surface area (Å²) in [7, 11) is 0. The normalized spacial score (nSPS) is 12.0. The standard InChI is InChI=1S/C15H22N2O4/c1-11(2)17(8-9-18)15(21)16-13(14(19)20)10-12-6-4-3-5-7-12/h3-7,11,13,18H,8-10H2,1-2H3,(H,16,21)(H,19,20)/t13-/m0/s1. The molecule has 1 aromatic rings. The SMILES string of the molecule is CC(C)N(CCO)C(=O)N[C@@H](Cc1ccccc1)C(=O)O. The van der Waals surface area contributed by atoms with Crippen molar-refractivity contribution in [3.05, 3.63) is 35.9 Å². The zero-order valence-electron chi connectivity index (χ0n) is 12.3. The first-order valence-corrected chi connectivity index (χ1v) is 6.90. The Hall–Kier alpha value is -2.08. The molecule has 0 saturated heterocycles. The lowest BCUT2D eigenvalue weighted by Crippen LogP contribution is -2.51.